The van der Waals surface area contributed by atoms with Gasteiger partial charge in [0.2, 0.25) is 0 Å². The van der Waals surface area contributed by atoms with Gasteiger partial charge in [0.1, 0.15) is 0 Å². The Balaban J connectivity index is 0. The fourth-order valence-electron chi connectivity index (χ4n) is 5.07. The molecule has 0 aliphatic carbocycles. The average Bonchev–Trinajstić information content (AvgIpc) is 2.86. The van der Waals surface area contributed by atoms with E-state index in [1.165, 1.54) is 178 Å². The second-order valence-corrected chi connectivity index (χ2v) is 16.2. The van der Waals surface area contributed by atoms with Crippen molar-refractivity contribution in [2.45, 2.75) is 172 Å². The molecule has 0 spiro atoms. The van der Waals surface area contributed by atoms with Crippen LogP contribution in [0.4, 0.5) is 0 Å². The van der Waals surface area contributed by atoms with Crippen LogP contribution in [0.2, 0.25) is 0 Å². The van der Waals surface area contributed by atoms with E-state index in [1.54, 1.807) is 0 Å². The number of rotatable bonds is 28. The van der Waals surface area contributed by atoms with Gasteiger partial charge < -0.3 is 9.38 Å². The molecular formula is C34H73Br2N2+. The summed E-state index contributed by atoms with van der Waals surface area (Å²) in [7, 11) is 9.10. The van der Waals surface area contributed by atoms with Gasteiger partial charge in [0.15, 0.2) is 0 Å². The lowest BCUT2D eigenvalue weighted by atomic mass is 10.0. The van der Waals surface area contributed by atoms with Gasteiger partial charge in [-0.05, 0) is 59.2 Å². The molecule has 0 heterocycles. The van der Waals surface area contributed by atoms with E-state index in [0.717, 1.165) is 0 Å². The first-order valence-corrected chi connectivity index (χ1v) is 18.8. The minimum Gasteiger partial charge on any atom is -0.328 e. The highest BCUT2D eigenvalue weighted by Crippen LogP contribution is 2.17. The van der Waals surface area contributed by atoms with Crippen molar-refractivity contribution in [1.29, 1.82) is 0 Å². The number of hydrogen-bond donors (Lipinski definition) is 0. The van der Waals surface area contributed by atoms with Crippen LogP contribution in [-0.2, 0) is 0 Å². The van der Waals surface area contributed by atoms with E-state index in [1.807, 2.05) is 0 Å². The highest BCUT2D eigenvalue weighted by Gasteiger charge is 2.13. The average molecular weight is 670 g/mol. The molecule has 0 amide bonds. The van der Waals surface area contributed by atoms with Crippen LogP contribution >= 0.6 is 31.9 Å². The molecule has 4 heteroatoms. The van der Waals surface area contributed by atoms with Crippen LogP contribution in [0.3, 0.4) is 0 Å². The quantitative estimate of drug-likeness (QED) is 0.0455. The molecule has 0 N–H and O–H groups in total. The maximum Gasteiger partial charge on any atom is 0.0782 e. The van der Waals surface area contributed by atoms with Gasteiger partial charge in [-0.1, -0.05) is 161 Å². The van der Waals surface area contributed by atoms with Crippen LogP contribution < -0.4 is 0 Å². The van der Waals surface area contributed by atoms with Crippen molar-refractivity contribution < 1.29 is 4.48 Å². The highest BCUT2D eigenvalue weighted by atomic mass is 79.9. The Hall–Kier alpha value is 0.880. The summed E-state index contributed by atoms with van der Waals surface area (Å²) in [4.78, 5) is 2.30. The van der Waals surface area contributed by atoms with Crippen LogP contribution in [0.5, 0.6) is 0 Å². The molecule has 0 atom stereocenters. The predicted molar refractivity (Wildman–Crippen MR) is 184 cm³/mol. The van der Waals surface area contributed by atoms with Gasteiger partial charge in [-0.3, -0.25) is 0 Å². The lowest BCUT2D eigenvalue weighted by Gasteiger charge is -2.30. The van der Waals surface area contributed by atoms with Crippen LogP contribution in [0.15, 0.2) is 0 Å². The Morgan fingerprint density at radius 1 is 0.474 bits per heavy atom. The number of quaternary nitrogens is 1. The molecule has 0 saturated heterocycles. The summed E-state index contributed by atoms with van der Waals surface area (Å²) < 4.78 is 1.71. The van der Waals surface area contributed by atoms with E-state index >= 15 is 0 Å². The minimum atomic E-state index is 0.506. The first-order valence-electron chi connectivity index (χ1n) is 17.0. The zero-order valence-corrected chi connectivity index (χ0v) is 30.5. The summed E-state index contributed by atoms with van der Waals surface area (Å²) in [5, 5.41) is 0. The molecule has 0 aromatic carbocycles. The fraction of sp³-hybridized carbons (Fsp3) is 1.00. The van der Waals surface area contributed by atoms with E-state index in [0.29, 0.717) is 3.74 Å². The van der Waals surface area contributed by atoms with E-state index in [4.69, 9.17) is 0 Å². The first kappa shape index (κ1) is 41.0. The molecule has 0 aromatic rings. The Labute approximate surface area is 259 Å². The largest absolute Gasteiger partial charge is 0.328 e. The monoisotopic (exact) mass is 667 g/mol. The molecule has 0 aromatic heterocycles. The summed E-state index contributed by atoms with van der Waals surface area (Å²) >= 11 is 7.06. The van der Waals surface area contributed by atoms with Crippen LogP contribution in [-0.4, -0.2) is 60.9 Å². The summed E-state index contributed by atoms with van der Waals surface area (Å²) in [6.45, 7) is 8.52. The van der Waals surface area contributed by atoms with Gasteiger partial charge >= 0.3 is 0 Å². The van der Waals surface area contributed by atoms with Crippen LogP contribution in [0.1, 0.15) is 168 Å². The molecule has 0 fully saturated rings. The normalized spacial score (nSPS) is 11.8. The minimum absolute atomic E-state index is 0.506. The number of nitrogens with zero attached hydrogens (tertiary/aromatic N) is 2. The standard InChI is InChI=1S/C20H43N.C14H30Br2N/c1-4-5-6-7-8-9-10-11-12-13-14-15-16-17-18-19-20-21(2)3;1-4-5-6-9-12-17(2,3)13-10-7-8-11-14(15)16/h4-20H2,1-3H3;14H,4-13H2,1-3H3/q;+1. The molecule has 0 bridgehead atoms. The third-order valence-electron chi connectivity index (χ3n) is 7.76. The lowest BCUT2D eigenvalue weighted by molar-refractivity contribution is -0.890. The predicted octanol–water partition coefficient (Wildman–Crippen LogP) is 12.1. The smallest absolute Gasteiger partial charge is 0.0782 e. The number of unbranched alkanes of at least 4 members (excludes halogenated alkanes) is 20. The Morgan fingerprint density at radius 3 is 1.13 bits per heavy atom. The van der Waals surface area contributed by atoms with E-state index in [-0.39, 0.29) is 0 Å². The van der Waals surface area contributed by atoms with Crippen molar-refractivity contribution in [2.75, 3.05) is 47.8 Å². The molecular weight excluding hydrogens is 596 g/mol. The summed E-state index contributed by atoms with van der Waals surface area (Å²) in [6.07, 6.45) is 34.2. The third kappa shape index (κ3) is 39.0. The summed E-state index contributed by atoms with van der Waals surface area (Å²) in [5.41, 5.74) is 0. The summed E-state index contributed by atoms with van der Waals surface area (Å²) in [6, 6.07) is 0. The van der Waals surface area contributed by atoms with Gasteiger partial charge in [-0.2, -0.15) is 0 Å². The molecule has 0 aliphatic heterocycles. The zero-order valence-electron chi connectivity index (χ0n) is 27.3. The number of hydrogen-bond acceptors (Lipinski definition) is 1. The second-order valence-electron chi connectivity index (χ2n) is 12.8. The fourth-order valence-corrected chi connectivity index (χ4v) is 5.72. The molecule has 0 radical (unpaired) electrons. The molecule has 0 saturated carbocycles. The van der Waals surface area contributed by atoms with Crippen molar-refractivity contribution in [1.82, 2.24) is 4.90 Å². The number of halogens is 2. The lowest BCUT2D eigenvalue weighted by Crippen LogP contribution is -2.41. The van der Waals surface area contributed by atoms with Gasteiger partial charge in [0.05, 0.1) is 30.9 Å². The maximum atomic E-state index is 3.53. The molecule has 0 aliphatic rings. The molecule has 38 heavy (non-hydrogen) atoms. The Bertz CT molecular complexity index is 427. The van der Waals surface area contributed by atoms with E-state index in [9.17, 15) is 0 Å². The Morgan fingerprint density at radius 2 is 0.789 bits per heavy atom. The molecule has 0 unspecified atom stereocenters. The first-order chi connectivity index (χ1) is 18.2. The van der Waals surface area contributed by atoms with Crippen molar-refractivity contribution in [2.24, 2.45) is 0 Å². The Kier molecular flexibility index (Phi) is 35.0. The molecule has 2 nitrogen and oxygen atoms in total. The van der Waals surface area contributed by atoms with Gasteiger partial charge in [0.25, 0.3) is 0 Å². The van der Waals surface area contributed by atoms with E-state index < -0.39 is 0 Å². The SMILES string of the molecule is CCCCCCCCCCCCCCCCCCN(C)C.CCCCCC[N+](C)(C)CCCCCC(Br)Br. The van der Waals surface area contributed by atoms with Crippen LogP contribution in [0, 0.1) is 0 Å². The highest BCUT2D eigenvalue weighted by molar-refractivity contribution is 9.24. The van der Waals surface area contributed by atoms with Gasteiger partial charge in [0, 0.05) is 0 Å². The van der Waals surface area contributed by atoms with Crippen molar-refractivity contribution in [3.63, 3.8) is 0 Å². The molecule has 0 rings (SSSR count). The van der Waals surface area contributed by atoms with E-state index in [2.05, 4.69) is 78.8 Å². The van der Waals surface area contributed by atoms with Crippen LogP contribution in [0.25, 0.3) is 0 Å². The van der Waals surface area contributed by atoms with Gasteiger partial charge in [-0.25, -0.2) is 0 Å². The van der Waals surface area contributed by atoms with Gasteiger partial charge in [-0.15, -0.1) is 0 Å². The zero-order chi connectivity index (χ0) is 28.7. The number of alkyl halides is 2. The molecule has 232 valence electrons. The summed E-state index contributed by atoms with van der Waals surface area (Å²) in [5.74, 6) is 0. The maximum absolute atomic E-state index is 3.53. The van der Waals surface area contributed by atoms with Crippen molar-refractivity contribution in [3.8, 4) is 0 Å². The van der Waals surface area contributed by atoms with Crippen molar-refractivity contribution >= 4 is 31.9 Å². The third-order valence-corrected chi connectivity index (χ3v) is 8.68. The van der Waals surface area contributed by atoms with Crippen molar-refractivity contribution in [3.05, 3.63) is 0 Å². The second kappa shape index (κ2) is 32.4. The topological polar surface area (TPSA) is 3.24 Å².